The number of hydrogen-bond donors (Lipinski definition) is 2. The van der Waals surface area contributed by atoms with Crippen LogP contribution in [0, 0.1) is 5.82 Å². The van der Waals surface area contributed by atoms with Gasteiger partial charge in [0.2, 0.25) is 0 Å². The van der Waals surface area contributed by atoms with E-state index in [0.29, 0.717) is 5.02 Å². The molecule has 0 aliphatic rings. The van der Waals surface area contributed by atoms with Crippen LogP contribution in [0.5, 0.6) is 0 Å². The first-order chi connectivity index (χ1) is 8.58. The third kappa shape index (κ3) is 2.54. The van der Waals surface area contributed by atoms with Gasteiger partial charge in [-0.05, 0) is 18.2 Å². The van der Waals surface area contributed by atoms with Crippen molar-refractivity contribution in [1.82, 2.24) is 9.97 Å². The zero-order valence-corrected chi connectivity index (χ0v) is 9.65. The molecule has 0 aliphatic heterocycles. The summed E-state index contributed by atoms with van der Waals surface area (Å²) in [6.07, 6.45) is 2.29. The Balaban J connectivity index is 2.40. The van der Waals surface area contributed by atoms with E-state index in [2.05, 4.69) is 15.3 Å². The van der Waals surface area contributed by atoms with Crippen molar-refractivity contribution in [2.24, 2.45) is 0 Å². The number of aromatic carboxylic acids is 1. The molecule has 5 nitrogen and oxygen atoms in total. The molecular weight excluding hydrogens is 261 g/mol. The molecule has 2 aromatic rings. The van der Waals surface area contributed by atoms with Crippen LogP contribution < -0.4 is 5.32 Å². The molecule has 0 fully saturated rings. The summed E-state index contributed by atoms with van der Waals surface area (Å²) in [5, 5.41) is 11.8. The highest BCUT2D eigenvalue weighted by molar-refractivity contribution is 6.30. The smallest absolute Gasteiger partial charge is 0.341 e. The van der Waals surface area contributed by atoms with Gasteiger partial charge in [0.25, 0.3) is 0 Å². The van der Waals surface area contributed by atoms with E-state index in [-0.39, 0.29) is 17.1 Å². The highest BCUT2D eigenvalue weighted by Crippen LogP contribution is 2.24. The average Bonchev–Trinajstić information content (AvgIpc) is 2.34. The van der Waals surface area contributed by atoms with Gasteiger partial charge in [0, 0.05) is 11.2 Å². The summed E-state index contributed by atoms with van der Waals surface area (Å²) in [6, 6.07) is 3.90. The fourth-order valence-electron chi connectivity index (χ4n) is 1.31. The molecule has 7 heteroatoms. The molecular formula is C11H7ClFN3O2. The number of nitrogens with zero attached hydrogens (tertiary/aromatic N) is 2. The maximum atomic E-state index is 13.5. The van der Waals surface area contributed by atoms with Gasteiger partial charge in [0.1, 0.15) is 23.5 Å². The van der Waals surface area contributed by atoms with Crippen LogP contribution in [0.3, 0.4) is 0 Å². The van der Waals surface area contributed by atoms with Crippen molar-refractivity contribution in [3.8, 4) is 0 Å². The monoisotopic (exact) mass is 267 g/mol. The molecule has 0 spiro atoms. The Kier molecular flexibility index (Phi) is 3.38. The second-order valence-electron chi connectivity index (χ2n) is 3.34. The minimum Gasteiger partial charge on any atom is -0.477 e. The van der Waals surface area contributed by atoms with E-state index in [1.54, 1.807) is 0 Å². The van der Waals surface area contributed by atoms with Crippen LogP contribution in [0.2, 0.25) is 5.02 Å². The van der Waals surface area contributed by atoms with Gasteiger partial charge in [0.15, 0.2) is 0 Å². The van der Waals surface area contributed by atoms with Crippen LogP contribution in [0.25, 0.3) is 0 Å². The van der Waals surface area contributed by atoms with Gasteiger partial charge in [-0.1, -0.05) is 11.6 Å². The van der Waals surface area contributed by atoms with Crippen molar-refractivity contribution in [3.05, 3.63) is 47.1 Å². The highest BCUT2D eigenvalue weighted by Gasteiger charge is 2.13. The average molecular weight is 268 g/mol. The Hall–Kier alpha value is -2.21. The standard InChI is InChI=1S/C11H7ClFN3O2/c12-6-1-2-8(13)9(3-6)16-10-7(11(17)18)4-14-5-15-10/h1-5H,(H,17,18)(H,14,15,16). The molecule has 1 heterocycles. The van der Waals surface area contributed by atoms with Crippen LogP contribution in [0.4, 0.5) is 15.9 Å². The van der Waals surface area contributed by atoms with Crippen LogP contribution in [0.15, 0.2) is 30.7 Å². The van der Waals surface area contributed by atoms with Gasteiger partial charge in [-0.3, -0.25) is 0 Å². The number of hydrogen-bond acceptors (Lipinski definition) is 4. The molecule has 2 N–H and O–H groups in total. The van der Waals surface area contributed by atoms with E-state index in [0.717, 1.165) is 12.5 Å². The largest absolute Gasteiger partial charge is 0.477 e. The number of carboxylic acid groups (broad SMARTS) is 1. The predicted octanol–water partition coefficient (Wildman–Crippen LogP) is 2.71. The summed E-state index contributed by atoms with van der Waals surface area (Å²) in [7, 11) is 0. The SMILES string of the molecule is O=C(O)c1cncnc1Nc1cc(Cl)ccc1F. The Morgan fingerprint density at radius 1 is 1.44 bits per heavy atom. The predicted molar refractivity (Wildman–Crippen MR) is 63.7 cm³/mol. The van der Waals surface area contributed by atoms with E-state index in [9.17, 15) is 9.18 Å². The first-order valence-corrected chi connectivity index (χ1v) is 5.21. The lowest BCUT2D eigenvalue weighted by Crippen LogP contribution is -2.06. The van der Waals surface area contributed by atoms with Crippen molar-refractivity contribution >= 4 is 29.1 Å². The van der Waals surface area contributed by atoms with Crippen molar-refractivity contribution in [1.29, 1.82) is 0 Å². The topological polar surface area (TPSA) is 75.1 Å². The van der Waals surface area contributed by atoms with E-state index < -0.39 is 11.8 Å². The molecule has 0 radical (unpaired) electrons. The van der Waals surface area contributed by atoms with Gasteiger partial charge in [-0.25, -0.2) is 19.2 Å². The number of rotatable bonds is 3. The van der Waals surface area contributed by atoms with Crippen LogP contribution in [-0.4, -0.2) is 21.0 Å². The number of benzene rings is 1. The number of carboxylic acids is 1. The Labute approximate surface area is 106 Å². The number of halogens is 2. The molecule has 1 aromatic heterocycles. The fraction of sp³-hybridized carbons (Fsp3) is 0. The van der Waals surface area contributed by atoms with E-state index in [1.165, 1.54) is 18.2 Å². The zero-order valence-electron chi connectivity index (χ0n) is 8.89. The third-order valence-corrected chi connectivity index (χ3v) is 2.36. The van der Waals surface area contributed by atoms with Gasteiger partial charge in [-0.2, -0.15) is 0 Å². The second kappa shape index (κ2) is 4.97. The van der Waals surface area contributed by atoms with Gasteiger partial charge in [0.05, 0.1) is 5.69 Å². The van der Waals surface area contributed by atoms with E-state index in [1.807, 2.05) is 0 Å². The molecule has 0 atom stereocenters. The molecule has 0 bridgehead atoms. The number of anilines is 2. The Morgan fingerprint density at radius 3 is 2.94 bits per heavy atom. The zero-order chi connectivity index (χ0) is 13.1. The summed E-state index contributed by atoms with van der Waals surface area (Å²) < 4.78 is 13.5. The third-order valence-electron chi connectivity index (χ3n) is 2.12. The quantitative estimate of drug-likeness (QED) is 0.894. The van der Waals surface area contributed by atoms with Crippen LogP contribution in [0.1, 0.15) is 10.4 Å². The summed E-state index contributed by atoms with van der Waals surface area (Å²) >= 11 is 5.73. The summed E-state index contributed by atoms with van der Waals surface area (Å²) in [6.45, 7) is 0. The summed E-state index contributed by atoms with van der Waals surface area (Å²) in [5.41, 5.74) is -0.111. The first kappa shape index (κ1) is 12.3. The number of carbonyl (C=O) groups is 1. The summed E-state index contributed by atoms with van der Waals surface area (Å²) in [5.74, 6) is -1.77. The molecule has 18 heavy (non-hydrogen) atoms. The van der Waals surface area contributed by atoms with Gasteiger partial charge in [-0.15, -0.1) is 0 Å². The maximum absolute atomic E-state index is 13.5. The molecule has 0 unspecified atom stereocenters. The molecule has 1 aromatic carbocycles. The first-order valence-electron chi connectivity index (χ1n) is 4.83. The Bertz CT molecular complexity index is 607. The lowest BCUT2D eigenvalue weighted by atomic mass is 10.2. The lowest BCUT2D eigenvalue weighted by molar-refractivity contribution is 0.0697. The number of nitrogens with one attached hydrogen (secondary N) is 1. The van der Waals surface area contributed by atoms with Crippen LogP contribution in [-0.2, 0) is 0 Å². The molecule has 0 amide bonds. The van der Waals surface area contributed by atoms with Crippen LogP contribution >= 0.6 is 11.6 Å². The molecule has 2 rings (SSSR count). The Morgan fingerprint density at radius 2 is 2.22 bits per heavy atom. The second-order valence-corrected chi connectivity index (χ2v) is 3.78. The van der Waals surface area contributed by atoms with E-state index in [4.69, 9.17) is 16.7 Å². The van der Waals surface area contributed by atoms with Crippen molar-refractivity contribution < 1.29 is 14.3 Å². The molecule has 0 aliphatic carbocycles. The lowest BCUT2D eigenvalue weighted by Gasteiger charge is -2.08. The van der Waals surface area contributed by atoms with Crippen molar-refractivity contribution in [3.63, 3.8) is 0 Å². The fourth-order valence-corrected chi connectivity index (χ4v) is 1.48. The summed E-state index contributed by atoms with van der Waals surface area (Å²) in [4.78, 5) is 18.3. The van der Waals surface area contributed by atoms with Gasteiger partial charge < -0.3 is 10.4 Å². The minimum absolute atomic E-state index is 0.00123. The van der Waals surface area contributed by atoms with E-state index >= 15 is 0 Å². The minimum atomic E-state index is -1.21. The number of aromatic nitrogens is 2. The maximum Gasteiger partial charge on any atom is 0.341 e. The van der Waals surface area contributed by atoms with Crippen molar-refractivity contribution in [2.45, 2.75) is 0 Å². The van der Waals surface area contributed by atoms with Crippen molar-refractivity contribution in [2.75, 3.05) is 5.32 Å². The van der Waals surface area contributed by atoms with Gasteiger partial charge >= 0.3 is 5.97 Å². The molecule has 0 saturated carbocycles. The highest BCUT2D eigenvalue weighted by atomic mass is 35.5. The molecule has 0 saturated heterocycles. The normalized spacial score (nSPS) is 10.1. The molecule has 92 valence electrons.